The van der Waals surface area contributed by atoms with Crippen LogP contribution in [0.25, 0.3) is 0 Å². The van der Waals surface area contributed by atoms with Crippen LogP contribution in [0.1, 0.15) is 6.92 Å². The third kappa shape index (κ3) is 33.7. The maximum absolute atomic E-state index is 9.65. The Morgan fingerprint density at radius 1 is 1.46 bits per heavy atom. The summed E-state index contributed by atoms with van der Waals surface area (Å²) in [6.45, 7) is 0.830. The van der Waals surface area contributed by atoms with Gasteiger partial charge >= 0.3 is 0 Å². The van der Waals surface area contributed by atoms with Gasteiger partial charge in [0.2, 0.25) is 10.4 Å². The molecule has 0 radical (unpaired) electrons. The summed E-state index contributed by atoms with van der Waals surface area (Å²) in [6.07, 6.45) is -0.936. The largest absolute Gasteiger partial charge is 0.726 e. The number of rotatable bonds is 3. The van der Waals surface area contributed by atoms with E-state index in [9.17, 15) is 13.0 Å². The SMILES string of the molecule is CC(O)COS(=O)(=O)[O-].C[NH+](C)C. The average Bonchev–Trinajstić information content (AvgIpc) is 1.80. The van der Waals surface area contributed by atoms with E-state index in [4.69, 9.17) is 5.11 Å². The molecule has 0 bridgehead atoms. The third-order valence-corrected chi connectivity index (χ3v) is 0.878. The topological polar surface area (TPSA) is 91.1 Å². The Morgan fingerprint density at radius 2 is 1.77 bits per heavy atom. The highest BCUT2D eigenvalue weighted by Gasteiger charge is 1.98. The van der Waals surface area contributed by atoms with Crippen molar-refractivity contribution in [2.45, 2.75) is 13.0 Å². The van der Waals surface area contributed by atoms with E-state index in [0.717, 1.165) is 0 Å². The van der Waals surface area contributed by atoms with Crippen molar-refractivity contribution in [3.8, 4) is 0 Å². The van der Waals surface area contributed by atoms with E-state index in [2.05, 4.69) is 25.3 Å². The summed E-state index contributed by atoms with van der Waals surface area (Å²) >= 11 is 0. The standard InChI is InChI=1S/C3H9N.C3H8O5S/c1-4(2)3;1-3(4)2-8-9(5,6)7/h1-3H3;3-4H,2H2,1H3,(H,5,6,7). The second-order valence-corrected chi connectivity index (χ2v) is 4.09. The molecule has 13 heavy (non-hydrogen) atoms. The minimum Gasteiger partial charge on any atom is -0.726 e. The fourth-order valence-corrected chi connectivity index (χ4v) is 0.545. The number of hydrogen-bond donors (Lipinski definition) is 2. The Balaban J connectivity index is 0. The van der Waals surface area contributed by atoms with E-state index in [1.54, 1.807) is 0 Å². The van der Waals surface area contributed by atoms with E-state index in [1.807, 2.05) is 0 Å². The van der Waals surface area contributed by atoms with Gasteiger partial charge in [0, 0.05) is 0 Å². The van der Waals surface area contributed by atoms with Crippen LogP contribution in [0.15, 0.2) is 0 Å². The van der Waals surface area contributed by atoms with Gasteiger partial charge in [-0.3, -0.25) is 4.18 Å². The van der Waals surface area contributed by atoms with Gasteiger partial charge in [-0.25, -0.2) is 8.42 Å². The molecule has 0 spiro atoms. The number of hydrogen-bond acceptors (Lipinski definition) is 5. The Kier molecular flexibility index (Phi) is 8.48. The molecule has 0 aliphatic heterocycles. The molecule has 0 amide bonds. The zero-order valence-corrected chi connectivity index (χ0v) is 9.09. The summed E-state index contributed by atoms with van der Waals surface area (Å²) in [5, 5.41) is 8.39. The van der Waals surface area contributed by atoms with Crippen molar-refractivity contribution in [2.75, 3.05) is 27.7 Å². The first-order valence-electron chi connectivity index (χ1n) is 3.70. The molecule has 0 saturated heterocycles. The predicted molar refractivity (Wildman–Crippen MR) is 46.1 cm³/mol. The smallest absolute Gasteiger partial charge is 0.217 e. The van der Waals surface area contributed by atoms with Gasteiger partial charge in [-0.15, -0.1) is 0 Å². The van der Waals surface area contributed by atoms with E-state index in [0.29, 0.717) is 0 Å². The fourth-order valence-electron chi connectivity index (χ4n) is 0.182. The molecule has 7 heteroatoms. The lowest BCUT2D eigenvalue weighted by molar-refractivity contribution is -0.836. The van der Waals surface area contributed by atoms with Crippen LogP contribution in [0.5, 0.6) is 0 Å². The molecule has 2 N–H and O–H groups in total. The molecule has 1 unspecified atom stereocenters. The summed E-state index contributed by atoms with van der Waals surface area (Å²) in [4.78, 5) is 1.42. The van der Waals surface area contributed by atoms with Crippen LogP contribution in [-0.4, -0.2) is 51.9 Å². The van der Waals surface area contributed by atoms with Crippen molar-refractivity contribution in [3.63, 3.8) is 0 Å². The summed E-state index contributed by atoms with van der Waals surface area (Å²) in [7, 11) is 1.62. The molecule has 6 nitrogen and oxygen atoms in total. The molecule has 82 valence electrons. The molecule has 1 atom stereocenters. The maximum atomic E-state index is 9.65. The first kappa shape index (κ1) is 15.3. The van der Waals surface area contributed by atoms with Gasteiger partial charge < -0.3 is 14.6 Å². The predicted octanol–water partition coefficient (Wildman–Crippen LogP) is -2.40. The lowest BCUT2D eigenvalue weighted by atomic mass is 10.5. The van der Waals surface area contributed by atoms with Crippen molar-refractivity contribution in [2.24, 2.45) is 0 Å². The van der Waals surface area contributed by atoms with E-state index < -0.39 is 23.1 Å². The van der Waals surface area contributed by atoms with Gasteiger partial charge in [0.05, 0.1) is 33.9 Å². The molecule has 0 aromatic rings. The molecule has 0 aromatic carbocycles. The van der Waals surface area contributed by atoms with E-state index in [1.165, 1.54) is 11.8 Å². The van der Waals surface area contributed by atoms with Crippen LogP contribution < -0.4 is 4.90 Å². The first-order chi connectivity index (χ1) is 5.65. The summed E-state index contributed by atoms with van der Waals surface area (Å²) < 4.78 is 32.6. The van der Waals surface area contributed by atoms with Crippen LogP contribution in [-0.2, 0) is 14.6 Å². The number of aliphatic hydroxyl groups excluding tert-OH is 1. The van der Waals surface area contributed by atoms with Crippen molar-refractivity contribution >= 4 is 10.4 Å². The number of aliphatic hydroxyl groups is 1. The van der Waals surface area contributed by atoms with Crippen LogP contribution in [0.4, 0.5) is 0 Å². The van der Waals surface area contributed by atoms with Crippen LogP contribution in [0.2, 0.25) is 0 Å². The Morgan fingerprint density at radius 3 is 1.85 bits per heavy atom. The molecule has 0 aliphatic rings. The second-order valence-electron chi connectivity index (χ2n) is 3.04. The molecular weight excluding hydrogens is 198 g/mol. The summed E-state index contributed by atoms with van der Waals surface area (Å²) in [6, 6.07) is 0. The monoisotopic (exact) mass is 215 g/mol. The third-order valence-electron chi connectivity index (χ3n) is 0.454. The van der Waals surface area contributed by atoms with Gasteiger partial charge in [0.15, 0.2) is 0 Å². The highest BCUT2D eigenvalue weighted by atomic mass is 32.3. The lowest BCUT2D eigenvalue weighted by Gasteiger charge is -2.07. The van der Waals surface area contributed by atoms with E-state index in [-0.39, 0.29) is 0 Å². The second kappa shape index (κ2) is 7.22. The molecule has 0 rings (SSSR count). The van der Waals surface area contributed by atoms with Crippen molar-refractivity contribution in [1.82, 2.24) is 0 Å². The first-order valence-corrected chi connectivity index (χ1v) is 5.03. The molecule has 0 fully saturated rings. The molecule has 0 heterocycles. The molecule has 0 saturated carbocycles. The molecule has 0 aliphatic carbocycles. The fraction of sp³-hybridized carbons (Fsp3) is 1.00. The van der Waals surface area contributed by atoms with Gasteiger partial charge in [0.1, 0.15) is 0 Å². The summed E-state index contributed by atoms with van der Waals surface area (Å²) in [5.41, 5.74) is 0. The molecular formula is C6H17NO5S. The van der Waals surface area contributed by atoms with Crippen LogP contribution in [0, 0.1) is 0 Å². The normalized spacial score (nSPS) is 13.5. The molecule has 0 aromatic heterocycles. The van der Waals surface area contributed by atoms with Gasteiger partial charge in [-0.2, -0.15) is 0 Å². The maximum Gasteiger partial charge on any atom is 0.217 e. The summed E-state index contributed by atoms with van der Waals surface area (Å²) in [5.74, 6) is 0. The average molecular weight is 215 g/mol. The van der Waals surface area contributed by atoms with Gasteiger partial charge in [-0.1, -0.05) is 0 Å². The zero-order chi connectivity index (χ0) is 11.1. The van der Waals surface area contributed by atoms with Crippen molar-refractivity contribution < 1.29 is 27.2 Å². The minimum atomic E-state index is -4.63. The van der Waals surface area contributed by atoms with Gasteiger partial charge in [-0.05, 0) is 6.92 Å². The number of nitrogens with one attached hydrogen (secondary N) is 1. The zero-order valence-electron chi connectivity index (χ0n) is 8.27. The Bertz CT molecular complexity index is 196. The van der Waals surface area contributed by atoms with Crippen LogP contribution >= 0.6 is 0 Å². The quantitative estimate of drug-likeness (QED) is 0.405. The number of quaternary nitrogens is 1. The van der Waals surface area contributed by atoms with Crippen molar-refractivity contribution in [1.29, 1.82) is 0 Å². The van der Waals surface area contributed by atoms with Gasteiger partial charge in [0.25, 0.3) is 0 Å². The highest BCUT2D eigenvalue weighted by Crippen LogP contribution is 1.88. The minimum absolute atomic E-state index is 0.480. The Labute approximate surface area is 79.1 Å². The highest BCUT2D eigenvalue weighted by molar-refractivity contribution is 7.80. The Hall–Kier alpha value is -0.210. The van der Waals surface area contributed by atoms with Crippen molar-refractivity contribution in [3.05, 3.63) is 0 Å². The van der Waals surface area contributed by atoms with E-state index >= 15 is 0 Å². The van der Waals surface area contributed by atoms with Crippen LogP contribution in [0.3, 0.4) is 0 Å². The lowest BCUT2D eigenvalue weighted by Crippen LogP contribution is -3.02.